The summed E-state index contributed by atoms with van der Waals surface area (Å²) < 4.78 is 3.89. The highest BCUT2D eigenvalue weighted by molar-refractivity contribution is 5.87. The van der Waals surface area contributed by atoms with Crippen molar-refractivity contribution in [3.8, 4) is 11.1 Å². The Labute approximate surface area is 188 Å². The van der Waals surface area contributed by atoms with Crippen molar-refractivity contribution in [2.75, 3.05) is 0 Å². The highest BCUT2D eigenvalue weighted by Crippen LogP contribution is 2.37. The summed E-state index contributed by atoms with van der Waals surface area (Å²) in [6.07, 6.45) is 8.43. The maximum absolute atomic E-state index is 13.1. The minimum Gasteiger partial charge on any atom is -0.334 e. The fourth-order valence-corrected chi connectivity index (χ4v) is 4.91. The molecule has 1 aliphatic carbocycles. The standard InChI is InChI=1S/C25H30N6O/c1-15(2)31-14-23-25(17(4)29(5)28-23)18-11-20-19(8-9-22(20)26-12-18)21-13-30(27-16(21)3)10-6-7-24(31)32/h8,11-13,15H,6-7,9-10,14H2,1-5H3. The van der Waals surface area contributed by atoms with Crippen molar-refractivity contribution in [1.29, 1.82) is 0 Å². The Morgan fingerprint density at radius 3 is 2.69 bits per heavy atom. The number of nitrogens with zero attached hydrogens (tertiary/aromatic N) is 6. The molecule has 3 aromatic heterocycles. The van der Waals surface area contributed by atoms with Gasteiger partial charge in [0.15, 0.2) is 0 Å². The quantitative estimate of drug-likeness (QED) is 0.589. The third-order valence-corrected chi connectivity index (χ3v) is 6.73. The van der Waals surface area contributed by atoms with Crippen LogP contribution in [0.2, 0.25) is 0 Å². The smallest absolute Gasteiger partial charge is 0.223 e. The van der Waals surface area contributed by atoms with Crippen LogP contribution < -0.4 is 0 Å². The Kier molecular flexibility index (Phi) is 4.99. The van der Waals surface area contributed by atoms with Crippen molar-refractivity contribution in [1.82, 2.24) is 29.4 Å². The number of amides is 1. The average Bonchev–Trinajstić information content (AvgIpc) is 3.40. The lowest BCUT2D eigenvalue weighted by molar-refractivity contribution is -0.133. The predicted molar refractivity (Wildman–Crippen MR) is 124 cm³/mol. The number of allylic oxidation sites excluding steroid dienone is 1. The maximum atomic E-state index is 13.1. The van der Waals surface area contributed by atoms with Crippen molar-refractivity contribution >= 4 is 11.5 Å². The molecule has 0 radical (unpaired) electrons. The van der Waals surface area contributed by atoms with Crippen LogP contribution in [0.5, 0.6) is 0 Å². The average molecular weight is 431 g/mol. The summed E-state index contributed by atoms with van der Waals surface area (Å²) in [7, 11) is 1.96. The summed E-state index contributed by atoms with van der Waals surface area (Å²) in [6, 6.07) is 2.34. The second-order valence-electron chi connectivity index (χ2n) is 9.18. The number of aromatic nitrogens is 5. The molecule has 3 aromatic rings. The highest BCUT2D eigenvalue weighted by Gasteiger charge is 2.26. The van der Waals surface area contributed by atoms with Gasteiger partial charge < -0.3 is 4.90 Å². The Balaban J connectivity index is 1.70. The molecule has 7 nitrogen and oxygen atoms in total. The molecule has 4 bridgehead atoms. The van der Waals surface area contributed by atoms with Crippen LogP contribution in [0.25, 0.3) is 16.7 Å². The molecule has 0 saturated heterocycles. The summed E-state index contributed by atoms with van der Waals surface area (Å²) in [4.78, 5) is 19.9. The van der Waals surface area contributed by atoms with E-state index in [1.54, 1.807) is 0 Å². The topological polar surface area (TPSA) is 68.8 Å². The Hall–Kier alpha value is -3.22. The van der Waals surface area contributed by atoms with Crippen LogP contribution in [-0.2, 0) is 31.4 Å². The van der Waals surface area contributed by atoms with Crippen LogP contribution >= 0.6 is 0 Å². The number of hydrogen-bond donors (Lipinski definition) is 0. The van der Waals surface area contributed by atoms with Crippen LogP contribution in [0, 0.1) is 13.8 Å². The first-order valence-corrected chi connectivity index (χ1v) is 11.4. The molecule has 7 heteroatoms. The Bertz CT molecular complexity index is 1250. The number of rotatable bonds is 1. The number of aryl methyl sites for hydroxylation is 3. The second kappa shape index (κ2) is 7.73. The van der Waals surface area contributed by atoms with E-state index in [1.165, 1.54) is 11.1 Å². The fourth-order valence-electron chi connectivity index (χ4n) is 4.91. The molecule has 0 fully saturated rings. The van der Waals surface area contributed by atoms with Gasteiger partial charge in [-0.3, -0.25) is 19.1 Å². The molecule has 0 unspecified atom stereocenters. The van der Waals surface area contributed by atoms with Gasteiger partial charge in [0, 0.05) is 72.8 Å². The van der Waals surface area contributed by atoms with Crippen molar-refractivity contribution in [3.05, 3.63) is 58.4 Å². The summed E-state index contributed by atoms with van der Waals surface area (Å²) in [5.74, 6) is 0.157. The van der Waals surface area contributed by atoms with Crippen LogP contribution in [0.4, 0.5) is 0 Å². The zero-order valence-corrected chi connectivity index (χ0v) is 19.5. The normalized spacial score (nSPS) is 16.1. The van der Waals surface area contributed by atoms with E-state index >= 15 is 0 Å². The molecular formula is C25H30N6O. The van der Waals surface area contributed by atoms with Gasteiger partial charge >= 0.3 is 0 Å². The van der Waals surface area contributed by atoms with Crippen molar-refractivity contribution in [2.24, 2.45) is 7.05 Å². The molecule has 2 aliphatic rings. The van der Waals surface area contributed by atoms with Crippen molar-refractivity contribution in [3.63, 3.8) is 0 Å². The second-order valence-corrected chi connectivity index (χ2v) is 9.18. The summed E-state index contributed by atoms with van der Waals surface area (Å²) in [5, 5.41) is 9.54. The first-order valence-electron chi connectivity index (χ1n) is 11.4. The molecule has 32 heavy (non-hydrogen) atoms. The summed E-state index contributed by atoms with van der Waals surface area (Å²) in [5.41, 5.74) is 9.77. The first-order chi connectivity index (χ1) is 15.3. The molecule has 0 aromatic carbocycles. The van der Waals surface area contributed by atoms with Gasteiger partial charge in [0.1, 0.15) is 0 Å². The molecule has 1 amide bonds. The van der Waals surface area contributed by atoms with E-state index in [9.17, 15) is 4.79 Å². The van der Waals surface area contributed by atoms with Crippen LogP contribution in [-0.4, -0.2) is 41.4 Å². The maximum Gasteiger partial charge on any atom is 0.223 e. The third kappa shape index (κ3) is 3.36. The first kappa shape index (κ1) is 20.7. The van der Waals surface area contributed by atoms with E-state index < -0.39 is 0 Å². The lowest BCUT2D eigenvalue weighted by atomic mass is 9.97. The Morgan fingerprint density at radius 1 is 1.09 bits per heavy atom. The van der Waals surface area contributed by atoms with Crippen LogP contribution in [0.3, 0.4) is 0 Å². The van der Waals surface area contributed by atoms with Crippen LogP contribution in [0.1, 0.15) is 60.6 Å². The zero-order valence-electron chi connectivity index (χ0n) is 19.5. The lowest BCUT2D eigenvalue weighted by Crippen LogP contribution is -2.36. The largest absolute Gasteiger partial charge is 0.334 e. The number of carbonyl (C=O) groups excluding carboxylic acids is 1. The van der Waals surface area contributed by atoms with Gasteiger partial charge in [0.05, 0.1) is 23.6 Å². The predicted octanol–water partition coefficient (Wildman–Crippen LogP) is 3.81. The molecule has 0 atom stereocenters. The van der Waals surface area contributed by atoms with Crippen molar-refractivity contribution in [2.45, 2.75) is 66.1 Å². The van der Waals surface area contributed by atoms with E-state index in [0.29, 0.717) is 13.0 Å². The molecule has 0 N–H and O–H groups in total. The summed E-state index contributed by atoms with van der Waals surface area (Å²) in [6.45, 7) is 9.50. The lowest BCUT2D eigenvalue weighted by Gasteiger charge is -2.26. The molecule has 1 aliphatic heterocycles. The van der Waals surface area contributed by atoms with Gasteiger partial charge in [0.2, 0.25) is 5.91 Å². The van der Waals surface area contributed by atoms with E-state index in [4.69, 9.17) is 15.2 Å². The Morgan fingerprint density at radius 2 is 1.91 bits per heavy atom. The zero-order chi connectivity index (χ0) is 22.6. The number of pyridine rings is 1. The molecule has 0 saturated carbocycles. The van der Waals surface area contributed by atoms with E-state index in [1.807, 2.05) is 27.5 Å². The molecule has 0 spiro atoms. The number of carbonyl (C=O) groups is 1. The van der Waals surface area contributed by atoms with Gasteiger partial charge in [0.25, 0.3) is 0 Å². The third-order valence-electron chi connectivity index (χ3n) is 6.73. The van der Waals surface area contributed by atoms with E-state index in [-0.39, 0.29) is 11.9 Å². The summed E-state index contributed by atoms with van der Waals surface area (Å²) >= 11 is 0. The van der Waals surface area contributed by atoms with Crippen LogP contribution in [0.15, 0.2) is 24.5 Å². The fraction of sp³-hybridized carbons (Fsp3) is 0.440. The molecule has 166 valence electrons. The van der Waals surface area contributed by atoms with Crippen molar-refractivity contribution < 1.29 is 4.79 Å². The molecular weight excluding hydrogens is 400 g/mol. The monoisotopic (exact) mass is 430 g/mol. The van der Waals surface area contributed by atoms with Gasteiger partial charge in [-0.1, -0.05) is 6.08 Å². The number of fused-ring (bicyclic) bond motifs is 6. The van der Waals surface area contributed by atoms with E-state index in [2.05, 4.69) is 46.0 Å². The van der Waals surface area contributed by atoms with E-state index in [0.717, 1.165) is 58.9 Å². The number of hydrogen-bond acceptors (Lipinski definition) is 4. The highest BCUT2D eigenvalue weighted by atomic mass is 16.2. The van der Waals surface area contributed by atoms with Gasteiger partial charge in [-0.2, -0.15) is 10.2 Å². The minimum absolute atomic E-state index is 0.0968. The van der Waals surface area contributed by atoms with Gasteiger partial charge in [-0.15, -0.1) is 0 Å². The molecule has 5 rings (SSSR count). The van der Waals surface area contributed by atoms with Gasteiger partial charge in [-0.25, -0.2) is 0 Å². The van der Waals surface area contributed by atoms with Gasteiger partial charge in [-0.05, 0) is 45.8 Å². The SMILES string of the molecule is Cc1nn2cc1C1=CCc3ncc(cc31)-c1c(nn(C)c1C)CN(C(C)C)C(=O)CCC2. The molecule has 4 heterocycles. The minimum atomic E-state index is 0.0968.